The van der Waals surface area contributed by atoms with Crippen LogP contribution in [0.5, 0.6) is 0 Å². The molecular weight excluding hydrogens is 254 g/mol. The SMILES string of the molecule is Cc1c(NN)nc(C(C)C)nc1N1CCC(C)(O)CC1. The van der Waals surface area contributed by atoms with Gasteiger partial charge >= 0.3 is 0 Å². The summed E-state index contributed by atoms with van der Waals surface area (Å²) in [6.07, 6.45) is 1.50. The highest BCUT2D eigenvalue weighted by molar-refractivity contribution is 5.58. The zero-order valence-corrected chi connectivity index (χ0v) is 12.8. The van der Waals surface area contributed by atoms with Gasteiger partial charge in [-0.2, -0.15) is 0 Å². The zero-order chi connectivity index (χ0) is 14.9. The number of hydrogen-bond donors (Lipinski definition) is 3. The second-order valence-corrected chi connectivity index (χ2v) is 6.16. The van der Waals surface area contributed by atoms with Crippen LogP contribution in [0.4, 0.5) is 11.6 Å². The molecule has 0 aromatic carbocycles. The molecule has 1 fully saturated rings. The number of nitrogens with two attached hydrogens (primary N) is 1. The average Bonchev–Trinajstić information content (AvgIpc) is 2.39. The first kappa shape index (κ1) is 15.0. The molecule has 0 radical (unpaired) electrons. The van der Waals surface area contributed by atoms with Crippen molar-refractivity contribution in [1.82, 2.24) is 9.97 Å². The van der Waals surface area contributed by atoms with Crippen LogP contribution in [0.25, 0.3) is 0 Å². The van der Waals surface area contributed by atoms with E-state index in [1.807, 2.05) is 13.8 Å². The molecule has 1 aromatic rings. The quantitative estimate of drug-likeness (QED) is 0.575. The Balaban J connectivity index is 2.33. The molecule has 1 aliphatic rings. The third-order valence-corrected chi connectivity index (χ3v) is 3.93. The summed E-state index contributed by atoms with van der Waals surface area (Å²) in [4.78, 5) is 11.4. The molecule has 6 nitrogen and oxygen atoms in total. The molecule has 0 spiro atoms. The van der Waals surface area contributed by atoms with Crippen LogP contribution in [0.15, 0.2) is 0 Å². The van der Waals surface area contributed by atoms with Crippen LogP contribution in [0.3, 0.4) is 0 Å². The lowest BCUT2D eigenvalue weighted by Gasteiger charge is -2.37. The molecule has 0 atom stereocenters. The Labute approximate surface area is 120 Å². The summed E-state index contributed by atoms with van der Waals surface area (Å²) in [5, 5.41) is 10.1. The van der Waals surface area contributed by atoms with Crippen LogP contribution in [0.2, 0.25) is 0 Å². The lowest BCUT2D eigenvalue weighted by Crippen LogP contribution is -2.43. The van der Waals surface area contributed by atoms with E-state index in [2.05, 4.69) is 34.1 Å². The number of piperidine rings is 1. The Morgan fingerprint density at radius 1 is 1.30 bits per heavy atom. The molecule has 2 heterocycles. The second-order valence-electron chi connectivity index (χ2n) is 6.16. The number of aliphatic hydroxyl groups is 1. The fourth-order valence-electron chi connectivity index (χ4n) is 2.43. The van der Waals surface area contributed by atoms with Gasteiger partial charge in [0.15, 0.2) is 0 Å². The molecule has 1 saturated heterocycles. The van der Waals surface area contributed by atoms with E-state index in [0.29, 0.717) is 5.82 Å². The molecule has 4 N–H and O–H groups in total. The summed E-state index contributed by atoms with van der Waals surface area (Å²) < 4.78 is 0. The van der Waals surface area contributed by atoms with Crippen LogP contribution >= 0.6 is 0 Å². The predicted molar refractivity (Wildman–Crippen MR) is 80.7 cm³/mol. The van der Waals surface area contributed by atoms with Gasteiger partial charge in [-0.15, -0.1) is 0 Å². The Kier molecular flexibility index (Phi) is 4.15. The van der Waals surface area contributed by atoms with Crippen molar-refractivity contribution in [3.8, 4) is 0 Å². The first-order chi connectivity index (χ1) is 9.34. The molecule has 2 rings (SSSR count). The summed E-state index contributed by atoms with van der Waals surface area (Å²) in [6.45, 7) is 9.59. The minimum absolute atomic E-state index is 0.245. The van der Waals surface area contributed by atoms with E-state index in [-0.39, 0.29) is 5.92 Å². The first-order valence-corrected chi connectivity index (χ1v) is 7.16. The third-order valence-electron chi connectivity index (χ3n) is 3.93. The number of anilines is 2. The predicted octanol–water partition coefficient (Wildman–Crippen LogP) is 1.55. The molecule has 112 valence electrons. The summed E-state index contributed by atoms with van der Waals surface area (Å²) in [5.74, 6) is 8.20. The third kappa shape index (κ3) is 3.02. The molecule has 1 aliphatic heterocycles. The van der Waals surface area contributed by atoms with Crippen LogP contribution in [0, 0.1) is 6.92 Å². The molecular formula is C14H25N5O. The Morgan fingerprint density at radius 2 is 1.90 bits per heavy atom. The van der Waals surface area contributed by atoms with Crippen LogP contribution < -0.4 is 16.2 Å². The molecule has 0 unspecified atom stereocenters. The average molecular weight is 279 g/mol. The van der Waals surface area contributed by atoms with Crippen molar-refractivity contribution >= 4 is 11.6 Å². The van der Waals surface area contributed by atoms with E-state index >= 15 is 0 Å². The smallest absolute Gasteiger partial charge is 0.148 e. The summed E-state index contributed by atoms with van der Waals surface area (Å²) in [5.41, 5.74) is 3.05. The summed E-state index contributed by atoms with van der Waals surface area (Å²) in [6, 6.07) is 0. The molecule has 0 amide bonds. The van der Waals surface area contributed by atoms with Gasteiger partial charge in [0.2, 0.25) is 0 Å². The molecule has 0 saturated carbocycles. The van der Waals surface area contributed by atoms with E-state index < -0.39 is 5.60 Å². The van der Waals surface area contributed by atoms with E-state index in [4.69, 9.17) is 5.84 Å². The maximum absolute atomic E-state index is 10.1. The van der Waals surface area contributed by atoms with Crippen molar-refractivity contribution in [1.29, 1.82) is 0 Å². The summed E-state index contributed by atoms with van der Waals surface area (Å²) >= 11 is 0. The van der Waals surface area contributed by atoms with Crippen LogP contribution in [-0.2, 0) is 0 Å². The second kappa shape index (κ2) is 5.54. The topological polar surface area (TPSA) is 87.3 Å². The van der Waals surface area contributed by atoms with Gasteiger partial charge in [0.1, 0.15) is 17.5 Å². The van der Waals surface area contributed by atoms with Gasteiger partial charge in [-0.05, 0) is 26.7 Å². The van der Waals surface area contributed by atoms with E-state index in [0.717, 1.165) is 43.1 Å². The zero-order valence-electron chi connectivity index (χ0n) is 12.8. The monoisotopic (exact) mass is 279 g/mol. The first-order valence-electron chi connectivity index (χ1n) is 7.16. The fraction of sp³-hybridized carbons (Fsp3) is 0.714. The molecule has 0 aliphatic carbocycles. The minimum atomic E-state index is -0.562. The van der Waals surface area contributed by atoms with Crippen molar-refractivity contribution in [2.45, 2.75) is 52.1 Å². The molecule has 20 heavy (non-hydrogen) atoms. The molecule has 6 heteroatoms. The van der Waals surface area contributed by atoms with E-state index in [1.165, 1.54) is 0 Å². The largest absolute Gasteiger partial charge is 0.390 e. The van der Waals surface area contributed by atoms with Crippen molar-refractivity contribution in [3.05, 3.63) is 11.4 Å². The highest BCUT2D eigenvalue weighted by Gasteiger charge is 2.29. The number of nitrogens with zero attached hydrogens (tertiary/aromatic N) is 3. The van der Waals surface area contributed by atoms with Crippen LogP contribution in [-0.4, -0.2) is 33.8 Å². The van der Waals surface area contributed by atoms with Gasteiger partial charge in [-0.1, -0.05) is 13.8 Å². The highest BCUT2D eigenvalue weighted by Crippen LogP contribution is 2.30. The van der Waals surface area contributed by atoms with Crippen molar-refractivity contribution in [2.24, 2.45) is 5.84 Å². The van der Waals surface area contributed by atoms with Gasteiger partial charge in [-0.25, -0.2) is 15.8 Å². The van der Waals surface area contributed by atoms with Crippen molar-refractivity contribution < 1.29 is 5.11 Å². The number of hydrogen-bond acceptors (Lipinski definition) is 6. The Bertz CT molecular complexity index is 477. The van der Waals surface area contributed by atoms with Crippen molar-refractivity contribution in [3.63, 3.8) is 0 Å². The van der Waals surface area contributed by atoms with Gasteiger partial charge in [-0.3, -0.25) is 0 Å². The fourth-order valence-corrected chi connectivity index (χ4v) is 2.43. The van der Waals surface area contributed by atoms with E-state index in [9.17, 15) is 5.11 Å². The van der Waals surface area contributed by atoms with Crippen LogP contribution in [0.1, 0.15) is 50.9 Å². The van der Waals surface area contributed by atoms with Gasteiger partial charge in [0.05, 0.1) is 5.60 Å². The number of hydrazine groups is 1. The number of nitrogen functional groups attached to an aromatic ring is 1. The van der Waals surface area contributed by atoms with E-state index in [1.54, 1.807) is 0 Å². The minimum Gasteiger partial charge on any atom is -0.390 e. The maximum Gasteiger partial charge on any atom is 0.148 e. The number of rotatable bonds is 3. The van der Waals surface area contributed by atoms with Gasteiger partial charge < -0.3 is 15.4 Å². The maximum atomic E-state index is 10.1. The lowest BCUT2D eigenvalue weighted by atomic mass is 9.93. The summed E-state index contributed by atoms with van der Waals surface area (Å²) in [7, 11) is 0. The molecule has 1 aromatic heterocycles. The highest BCUT2D eigenvalue weighted by atomic mass is 16.3. The molecule has 0 bridgehead atoms. The number of nitrogens with one attached hydrogen (secondary N) is 1. The van der Waals surface area contributed by atoms with Gasteiger partial charge in [0, 0.05) is 24.6 Å². The Morgan fingerprint density at radius 3 is 2.40 bits per heavy atom. The van der Waals surface area contributed by atoms with Gasteiger partial charge in [0.25, 0.3) is 0 Å². The lowest BCUT2D eigenvalue weighted by molar-refractivity contribution is 0.0350. The standard InChI is InChI=1S/C14H25N5O/c1-9(2)11-16-12(18-15)10(3)13(17-11)19-7-5-14(4,20)6-8-19/h9,20H,5-8,15H2,1-4H3,(H,16,17,18). The number of aromatic nitrogens is 2. The normalized spacial score (nSPS) is 18.4. The Hall–Kier alpha value is -1.40. The van der Waals surface area contributed by atoms with Crippen molar-refractivity contribution in [2.75, 3.05) is 23.4 Å².